The van der Waals surface area contributed by atoms with Gasteiger partial charge in [-0.05, 0) is 34.4 Å². The van der Waals surface area contributed by atoms with Crippen molar-refractivity contribution in [2.24, 2.45) is 0 Å². The molecule has 0 unspecified atom stereocenters. The maximum Gasteiger partial charge on any atom is 0.573 e. The Balaban J connectivity index is 2.42. The molecule has 0 aliphatic heterocycles. The molecule has 0 fully saturated rings. The molecule has 2 aromatic rings. The largest absolute Gasteiger partial charge is 0.573 e. The van der Waals surface area contributed by atoms with Crippen molar-refractivity contribution in [3.8, 4) is 5.75 Å². The topological polar surface area (TPSA) is 9.23 Å². The van der Waals surface area contributed by atoms with E-state index < -0.39 is 6.36 Å². The van der Waals surface area contributed by atoms with Gasteiger partial charge in [-0.3, -0.25) is 0 Å². The zero-order chi connectivity index (χ0) is 13.3. The molecule has 0 aliphatic carbocycles. The first kappa shape index (κ1) is 12.7. The van der Waals surface area contributed by atoms with Crippen molar-refractivity contribution in [3.63, 3.8) is 0 Å². The van der Waals surface area contributed by atoms with Crippen LogP contribution in [0.2, 0.25) is 0 Å². The van der Waals surface area contributed by atoms with Gasteiger partial charge in [0, 0.05) is 0 Å². The van der Waals surface area contributed by atoms with Gasteiger partial charge in [0.15, 0.2) is 0 Å². The first-order valence-electron chi connectivity index (χ1n) is 5.64. The average Bonchev–Trinajstić information content (AvgIpc) is 2.25. The number of hydrogen-bond donors (Lipinski definition) is 0. The average molecular weight is 254 g/mol. The summed E-state index contributed by atoms with van der Waals surface area (Å²) in [4.78, 5) is 0. The third kappa shape index (κ3) is 2.94. The van der Waals surface area contributed by atoms with Crippen LogP contribution in [0.25, 0.3) is 10.8 Å². The van der Waals surface area contributed by atoms with Gasteiger partial charge in [-0.25, -0.2) is 0 Å². The van der Waals surface area contributed by atoms with E-state index in [1.54, 1.807) is 6.07 Å². The first-order chi connectivity index (χ1) is 8.35. The van der Waals surface area contributed by atoms with Crippen LogP contribution in [0, 0.1) is 0 Å². The lowest BCUT2D eigenvalue weighted by molar-refractivity contribution is -0.274. The fourth-order valence-electron chi connectivity index (χ4n) is 1.80. The van der Waals surface area contributed by atoms with E-state index in [-0.39, 0.29) is 5.75 Å². The van der Waals surface area contributed by atoms with Gasteiger partial charge < -0.3 is 4.74 Å². The van der Waals surface area contributed by atoms with E-state index in [0.29, 0.717) is 5.92 Å². The van der Waals surface area contributed by atoms with Crippen molar-refractivity contribution in [1.82, 2.24) is 0 Å². The van der Waals surface area contributed by atoms with Crippen molar-refractivity contribution in [2.45, 2.75) is 26.1 Å². The number of ether oxygens (including phenoxy) is 1. The van der Waals surface area contributed by atoms with Crippen LogP contribution in [-0.2, 0) is 0 Å². The molecule has 0 radical (unpaired) electrons. The third-order valence-corrected chi connectivity index (χ3v) is 2.74. The normalized spacial score (nSPS) is 12.1. The van der Waals surface area contributed by atoms with Crippen LogP contribution in [0.1, 0.15) is 25.3 Å². The zero-order valence-corrected chi connectivity index (χ0v) is 10.1. The van der Waals surface area contributed by atoms with Crippen LogP contribution in [0.4, 0.5) is 13.2 Å². The summed E-state index contributed by atoms with van der Waals surface area (Å²) in [5.74, 6) is 0.150. The van der Waals surface area contributed by atoms with Gasteiger partial charge in [-0.15, -0.1) is 13.2 Å². The Bertz CT molecular complexity index is 558. The number of fused-ring (bicyclic) bond motifs is 1. The summed E-state index contributed by atoms with van der Waals surface area (Å²) >= 11 is 0. The number of alkyl halides is 3. The zero-order valence-electron chi connectivity index (χ0n) is 10.1. The van der Waals surface area contributed by atoms with Gasteiger partial charge in [0.25, 0.3) is 0 Å². The molecule has 0 saturated heterocycles. The lowest BCUT2D eigenvalue weighted by atomic mass is 9.99. The predicted octanol–water partition coefficient (Wildman–Crippen LogP) is 4.86. The highest BCUT2D eigenvalue weighted by Crippen LogP contribution is 2.28. The van der Waals surface area contributed by atoms with E-state index in [1.165, 1.54) is 12.1 Å². The fourth-order valence-corrected chi connectivity index (χ4v) is 1.80. The molecule has 0 heterocycles. The van der Waals surface area contributed by atoms with E-state index in [9.17, 15) is 13.2 Å². The smallest absolute Gasteiger partial charge is 0.406 e. The van der Waals surface area contributed by atoms with E-state index >= 15 is 0 Å². The SMILES string of the molecule is CC(C)c1ccc2ccc(OC(F)(F)F)cc2c1. The summed E-state index contributed by atoms with van der Waals surface area (Å²) in [5.41, 5.74) is 1.09. The van der Waals surface area contributed by atoms with Gasteiger partial charge in [0.1, 0.15) is 5.75 Å². The number of halogens is 3. The molecule has 0 spiro atoms. The maximum atomic E-state index is 12.1. The summed E-state index contributed by atoms with van der Waals surface area (Å²) in [6.45, 7) is 4.08. The number of hydrogen-bond acceptors (Lipinski definition) is 1. The second kappa shape index (κ2) is 4.52. The Kier molecular flexibility index (Phi) is 3.20. The highest BCUT2D eigenvalue weighted by atomic mass is 19.4. The van der Waals surface area contributed by atoms with Crippen LogP contribution in [-0.4, -0.2) is 6.36 Å². The number of benzene rings is 2. The van der Waals surface area contributed by atoms with E-state index in [0.717, 1.165) is 16.3 Å². The highest BCUT2D eigenvalue weighted by molar-refractivity contribution is 5.84. The Hall–Kier alpha value is -1.71. The van der Waals surface area contributed by atoms with Gasteiger partial charge in [0.05, 0.1) is 0 Å². The molecule has 4 heteroatoms. The molecule has 0 saturated carbocycles. The molecule has 18 heavy (non-hydrogen) atoms. The summed E-state index contributed by atoms with van der Waals surface area (Å²) in [5, 5.41) is 1.65. The Morgan fingerprint density at radius 3 is 2.22 bits per heavy atom. The van der Waals surface area contributed by atoms with Crippen LogP contribution in [0.3, 0.4) is 0 Å². The number of rotatable bonds is 2. The van der Waals surface area contributed by atoms with E-state index in [2.05, 4.69) is 4.74 Å². The minimum Gasteiger partial charge on any atom is -0.406 e. The molecule has 0 aliphatic rings. The lowest BCUT2D eigenvalue weighted by Gasteiger charge is -2.11. The molecule has 0 N–H and O–H groups in total. The van der Waals surface area contributed by atoms with Crippen LogP contribution in [0.15, 0.2) is 36.4 Å². The molecule has 1 nitrogen and oxygen atoms in total. The third-order valence-electron chi connectivity index (χ3n) is 2.74. The molecular weight excluding hydrogens is 241 g/mol. The molecule has 2 rings (SSSR count). The lowest BCUT2D eigenvalue weighted by Crippen LogP contribution is -2.16. The van der Waals surface area contributed by atoms with Gasteiger partial charge in [-0.1, -0.05) is 38.1 Å². The monoisotopic (exact) mass is 254 g/mol. The summed E-state index contributed by atoms with van der Waals surface area (Å²) in [7, 11) is 0. The molecule has 0 atom stereocenters. The quantitative estimate of drug-likeness (QED) is 0.743. The van der Waals surface area contributed by atoms with Crippen molar-refractivity contribution in [3.05, 3.63) is 42.0 Å². The van der Waals surface area contributed by atoms with Crippen LogP contribution in [0.5, 0.6) is 5.75 Å². The Morgan fingerprint density at radius 1 is 0.944 bits per heavy atom. The van der Waals surface area contributed by atoms with E-state index in [1.807, 2.05) is 32.0 Å². The highest BCUT2D eigenvalue weighted by Gasteiger charge is 2.31. The van der Waals surface area contributed by atoms with Crippen molar-refractivity contribution in [1.29, 1.82) is 0 Å². The minimum absolute atomic E-state index is 0.184. The van der Waals surface area contributed by atoms with Gasteiger partial charge in [0.2, 0.25) is 0 Å². The molecule has 96 valence electrons. The Labute approximate surface area is 103 Å². The van der Waals surface area contributed by atoms with Crippen LogP contribution >= 0.6 is 0 Å². The van der Waals surface area contributed by atoms with Crippen molar-refractivity contribution in [2.75, 3.05) is 0 Å². The molecule has 2 aromatic carbocycles. The van der Waals surface area contributed by atoms with Crippen molar-refractivity contribution < 1.29 is 17.9 Å². The molecule has 0 amide bonds. The fraction of sp³-hybridized carbons (Fsp3) is 0.286. The summed E-state index contributed by atoms with van der Waals surface area (Å²) in [6.07, 6.45) is -4.65. The minimum atomic E-state index is -4.65. The Morgan fingerprint density at radius 2 is 1.61 bits per heavy atom. The summed E-state index contributed by atoms with van der Waals surface area (Å²) in [6, 6.07) is 10.1. The summed E-state index contributed by atoms with van der Waals surface area (Å²) < 4.78 is 40.3. The molecule has 0 aromatic heterocycles. The second-order valence-corrected chi connectivity index (χ2v) is 4.47. The van der Waals surface area contributed by atoms with E-state index in [4.69, 9.17) is 0 Å². The first-order valence-corrected chi connectivity index (χ1v) is 5.64. The molecular formula is C14H13F3O. The van der Waals surface area contributed by atoms with Gasteiger partial charge in [-0.2, -0.15) is 0 Å². The van der Waals surface area contributed by atoms with Crippen molar-refractivity contribution >= 4 is 10.8 Å². The maximum absolute atomic E-state index is 12.1. The standard InChI is InChI=1S/C14H13F3O/c1-9(2)11-4-3-10-5-6-13(8-12(10)7-11)18-14(15,16)17/h3-9H,1-2H3. The molecule has 0 bridgehead atoms. The van der Waals surface area contributed by atoms with Crippen LogP contribution < -0.4 is 4.74 Å². The predicted molar refractivity (Wildman–Crippen MR) is 64.7 cm³/mol. The second-order valence-electron chi connectivity index (χ2n) is 4.47. The van der Waals surface area contributed by atoms with Gasteiger partial charge >= 0.3 is 6.36 Å².